The number of benzene rings is 1. The average molecular weight is 827 g/mol. The molecule has 2 aromatic heterocycles. The van der Waals surface area contributed by atoms with Crippen LogP contribution in [0.4, 0.5) is 28.1 Å². The lowest BCUT2D eigenvalue weighted by Gasteiger charge is -2.41. The van der Waals surface area contributed by atoms with E-state index in [1.54, 1.807) is 24.3 Å². The molecule has 3 aromatic rings. The lowest BCUT2D eigenvalue weighted by atomic mass is 9.78. The molecule has 0 spiro atoms. The highest BCUT2D eigenvalue weighted by Gasteiger charge is 2.36. The Balaban J connectivity index is 0.686. The molecule has 1 atom stereocenters. The molecule has 17 heteroatoms. The first kappa shape index (κ1) is 39.4. The minimum atomic E-state index is -1.04. The predicted molar refractivity (Wildman–Crippen MR) is 224 cm³/mol. The summed E-state index contributed by atoms with van der Waals surface area (Å²) in [6.45, 7) is 9.06. The Morgan fingerprint density at radius 3 is 2.29 bits per heavy atom. The SMILES string of the molecule is CC1(Nc2nc(N3CCN(c4ccc(OC5CCN(C6CCN(C(=O)COc7ccc(N8CCC(=O)NC8=O)cc7)CC6)CC5)cn4)CC3)nc3c2[S@](=O)CC3)CCC1. The number of aryl methyl sites for hydroxylation is 1. The summed E-state index contributed by atoms with van der Waals surface area (Å²) in [4.78, 5) is 62.5. The van der Waals surface area contributed by atoms with E-state index in [0.717, 1.165) is 118 Å². The minimum Gasteiger partial charge on any atom is -0.489 e. The maximum atomic E-state index is 13.0. The van der Waals surface area contributed by atoms with Gasteiger partial charge in [-0.15, -0.1) is 0 Å². The van der Waals surface area contributed by atoms with Crippen LogP contribution >= 0.6 is 0 Å². The zero-order chi connectivity index (χ0) is 40.5. The summed E-state index contributed by atoms with van der Waals surface area (Å²) >= 11 is 0. The Morgan fingerprint density at radius 1 is 0.881 bits per heavy atom. The van der Waals surface area contributed by atoms with E-state index in [1.165, 1.54) is 11.3 Å². The highest BCUT2D eigenvalue weighted by atomic mass is 32.2. The Kier molecular flexibility index (Phi) is 11.3. The first-order chi connectivity index (χ1) is 28.7. The number of ether oxygens (including phenoxy) is 2. The van der Waals surface area contributed by atoms with Crippen molar-refractivity contribution in [3.05, 3.63) is 48.3 Å². The number of hydrogen-bond acceptors (Lipinski definition) is 13. The number of pyridine rings is 1. The number of nitrogens with zero attached hydrogens (tertiary/aromatic N) is 8. The smallest absolute Gasteiger partial charge is 0.328 e. The number of carbonyl (C=O) groups is 3. The van der Waals surface area contributed by atoms with Gasteiger partial charge in [0.05, 0.1) is 22.7 Å². The number of anilines is 4. The quantitative estimate of drug-likeness (QED) is 0.289. The third kappa shape index (κ3) is 8.81. The van der Waals surface area contributed by atoms with E-state index in [0.29, 0.717) is 42.9 Å². The monoisotopic (exact) mass is 826 g/mol. The van der Waals surface area contributed by atoms with E-state index in [4.69, 9.17) is 24.4 Å². The molecule has 1 aliphatic carbocycles. The van der Waals surface area contributed by atoms with Crippen molar-refractivity contribution < 1.29 is 28.1 Å². The molecule has 59 heavy (non-hydrogen) atoms. The average Bonchev–Trinajstić information content (AvgIpc) is 3.63. The van der Waals surface area contributed by atoms with E-state index in [2.05, 4.69) is 38.3 Å². The lowest BCUT2D eigenvalue weighted by molar-refractivity contribution is -0.135. The van der Waals surface area contributed by atoms with Crippen LogP contribution in [0, 0.1) is 0 Å². The van der Waals surface area contributed by atoms with Crippen molar-refractivity contribution in [2.24, 2.45) is 0 Å². The molecule has 7 heterocycles. The number of hydrogen-bond donors (Lipinski definition) is 2. The Morgan fingerprint density at radius 2 is 1.61 bits per heavy atom. The number of aromatic nitrogens is 3. The van der Waals surface area contributed by atoms with Gasteiger partial charge in [-0.25, -0.2) is 14.8 Å². The zero-order valence-corrected chi connectivity index (χ0v) is 34.6. The summed E-state index contributed by atoms with van der Waals surface area (Å²) < 4.78 is 25.0. The van der Waals surface area contributed by atoms with Crippen molar-refractivity contribution in [3.8, 4) is 11.5 Å². The van der Waals surface area contributed by atoms with Gasteiger partial charge in [-0.1, -0.05) is 0 Å². The largest absolute Gasteiger partial charge is 0.489 e. The fourth-order valence-electron chi connectivity index (χ4n) is 9.09. The fraction of sp³-hybridized carbons (Fsp3) is 0.571. The van der Waals surface area contributed by atoms with Crippen LogP contribution in [0.2, 0.25) is 0 Å². The number of imide groups is 1. The highest BCUT2D eigenvalue weighted by Crippen LogP contribution is 2.38. The van der Waals surface area contributed by atoms with Gasteiger partial charge in [0, 0.05) is 94.8 Å². The minimum absolute atomic E-state index is 0.0194. The van der Waals surface area contributed by atoms with Crippen molar-refractivity contribution in [2.45, 2.75) is 87.3 Å². The highest BCUT2D eigenvalue weighted by molar-refractivity contribution is 7.85. The summed E-state index contributed by atoms with van der Waals surface area (Å²) in [5.41, 5.74) is 1.62. The van der Waals surface area contributed by atoms with Crippen LogP contribution < -0.4 is 34.8 Å². The summed E-state index contributed by atoms with van der Waals surface area (Å²) in [5, 5.41) is 5.96. The zero-order valence-electron chi connectivity index (χ0n) is 33.8. The van der Waals surface area contributed by atoms with E-state index in [1.807, 2.05) is 17.2 Å². The molecule has 4 saturated heterocycles. The van der Waals surface area contributed by atoms with Crippen molar-refractivity contribution in [1.82, 2.24) is 30.1 Å². The van der Waals surface area contributed by atoms with E-state index < -0.39 is 16.8 Å². The van der Waals surface area contributed by atoms with Gasteiger partial charge in [-0.05, 0) is 88.3 Å². The van der Waals surface area contributed by atoms with Gasteiger partial charge in [-0.2, -0.15) is 4.98 Å². The predicted octanol–water partition coefficient (Wildman–Crippen LogP) is 3.58. The fourth-order valence-corrected chi connectivity index (χ4v) is 10.4. The number of piperidine rings is 2. The van der Waals surface area contributed by atoms with Crippen LogP contribution in [0.25, 0.3) is 0 Å². The van der Waals surface area contributed by atoms with Gasteiger partial charge in [0.2, 0.25) is 11.9 Å². The third-order valence-corrected chi connectivity index (χ3v) is 14.3. The summed E-state index contributed by atoms with van der Waals surface area (Å²) in [6.07, 6.45) is 10.2. The van der Waals surface area contributed by atoms with Crippen molar-refractivity contribution in [2.75, 3.05) is 91.3 Å². The van der Waals surface area contributed by atoms with E-state index in [-0.39, 0.29) is 36.5 Å². The van der Waals surface area contributed by atoms with Crippen molar-refractivity contribution in [1.29, 1.82) is 0 Å². The molecule has 0 radical (unpaired) electrons. The van der Waals surface area contributed by atoms with Crippen LogP contribution in [0.5, 0.6) is 11.5 Å². The molecule has 0 unspecified atom stereocenters. The molecule has 6 aliphatic rings. The molecule has 5 aliphatic heterocycles. The number of rotatable bonds is 11. The second kappa shape index (κ2) is 16.9. The molecule has 314 valence electrons. The Hall–Kier alpha value is -5.03. The summed E-state index contributed by atoms with van der Waals surface area (Å²) in [7, 11) is -1.04. The number of nitrogens with one attached hydrogen (secondary N) is 2. The molecule has 4 amide bonds. The van der Waals surface area contributed by atoms with Gasteiger partial charge in [0.1, 0.15) is 34.1 Å². The number of carbonyl (C=O) groups excluding carboxylic acids is 3. The molecular formula is C42H54N10O6S. The molecule has 1 aromatic carbocycles. The molecular weight excluding hydrogens is 773 g/mol. The first-order valence-electron chi connectivity index (χ1n) is 21.2. The molecule has 16 nitrogen and oxygen atoms in total. The van der Waals surface area contributed by atoms with Crippen LogP contribution in [-0.2, 0) is 26.8 Å². The van der Waals surface area contributed by atoms with Gasteiger partial charge in [0.25, 0.3) is 5.91 Å². The van der Waals surface area contributed by atoms with Gasteiger partial charge >= 0.3 is 6.03 Å². The van der Waals surface area contributed by atoms with Gasteiger partial charge in [0.15, 0.2) is 6.61 Å². The van der Waals surface area contributed by atoms with Crippen LogP contribution in [0.15, 0.2) is 47.5 Å². The molecule has 2 N–H and O–H groups in total. The number of likely N-dealkylation sites (tertiary alicyclic amines) is 2. The van der Waals surface area contributed by atoms with Crippen molar-refractivity contribution >= 4 is 51.9 Å². The second-order valence-corrected chi connectivity index (χ2v) is 18.3. The normalized spacial score (nSPS) is 22.8. The molecule has 9 rings (SSSR count). The standard InChI is InChI=1S/C42H54N10O6S/c1-42(15-2-16-42)47-39-38-34(14-26-59(38)56)44-40(46-39)51-24-22-49(23-25-51)35-8-7-33(27-43-35)58-32-11-19-48(20-12-32)29-9-17-50(18-10-29)37(54)28-57-31-5-3-30(4-6-31)52-21-13-36(53)45-41(52)55/h3-8,27,29,32H,2,9-26,28H2,1H3,(H,44,46,47)(H,45,53,55)/t59-/m1/s1. The Labute approximate surface area is 347 Å². The topological polar surface area (TPSA) is 166 Å². The maximum absolute atomic E-state index is 13.0. The first-order valence-corrected chi connectivity index (χ1v) is 22.5. The van der Waals surface area contributed by atoms with Crippen LogP contribution in [0.3, 0.4) is 0 Å². The van der Waals surface area contributed by atoms with Gasteiger partial charge < -0.3 is 29.5 Å². The Bertz CT molecular complexity index is 2040. The number of urea groups is 1. The van der Waals surface area contributed by atoms with Crippen LogP contribution in [0.1, 0.15) is 64.0 Å². The third-order valence-electron chi connectivity index (χ3n) is 12.8. The molecule has 5 fully saturated rings. The summed E-state index contributed by atoms with van der Waals surface area (Å²) in [6, 6.07) is 11.1. The summed E-state index contributed by atoms with van der Waals surface area (Å²) in [5.74, 6) is 4.11. The molecule has 1 saturated carbocycles. The van der Waals surface area contributed by atoms with Crippen LogP contribution in [-0.4, -0.2) is 136 Å². The number of fused-ring (bicyclic) bond motifs is 1. The van der Waals surface area contributed by atoms with Gasteiger partial charge in [-0.3, -0.25) is 28.9 Å². The lowest BCUT2D eigenvalue weighted by Crippen LogP contribution is -2.50. The van der Waals surface area contributed by atoms with E-state index in [9.17, 15) is 18.6 Å². The molecule has 0 bridgehead atoms. The van der Waals surface area contributed by atoms with Crippen molar-refractivity contribution in [3.63, 3.8) is 0 Å². The maximum Gasteiger partial charge on any atom is 0.328 e. The van der Waals surface area contributed by atoms with E-state index >= 15 is 0 Å². The second-order valence-electron chi connectivity index (χ2n) is 16.8. The number of amides is 4. The number of piperazine rings is 1.